The summed E-state index contributed by atoms with van der Waals surface area (Å²) < 4.78 is 1.03. The Balaban J connectivity index is 1.57. The monoisotopic (exact) mass is 327 g/mol. The number of rotatable bonds is 5. The minimum absolute atomic E-state index is 0.0519. The minimum Gasteiger partial charge on any atom is -0.326 e. The SMILES string of the molecule is O=C(CCc1ccc([N+](=O)[O-])cc1)Nc1ccc2ncsc2c1. The van der Waals surface area contributed by atoms with Crippen molar-refractivity contribution < 1.29 is 9.72 Å². The molecule has 23 heavy (non-hydrogen) atoms. The van der Waals surface area contributed by atoms with Crippen LogP contribution in [0.25, 0.3) is 10.2 Å². The summed E-state index contributed by atoms with van der Waals surface area (Å²) >= 11 is 1.52. The third-order valence-corrected chi connectivity index (χ3v) is 4.19. The molecule has 1 aromatic heterocycles. The van der Waals surface area contributed by atoms with Gasteiger partial charge in [-0.15, -0.1) is 11.3 Å². The molecule has 3 rings (SSSR count). The lowest BCUT2D eigenvalue weighted by Crippen LogP contribution is -2.12. The van der Waals surface area contributed by atoms with Crippen LogP contribution in [-0.2, 0) is 11.2 Å². The number of non-ortho nitro benzene ring substituents is 1. The predicted molar refractivity (Wildman–Crippen MR) is 89.7 cm³/mol. The Labute approximate surface area is 135 Å². The second-order valence-corrected chi connectivity index (χ2v) is 5.89. The van der Waals surface area contributed by atoms with E-state index in [-0.39, 0.29) is 11.6 Å². The van der Waals surface area contributed by atoms with Gasteiger partial charge in [0.15, 0.2) is 0 Å². The first-order valence-corrected chi connectivity index (χ1v) is 7.86. The summed E-state index contributed by atoms with van der Waals surface area (Å²) in [6, 6.07) is 11.8. The normalized spacial score (nSPS) is 10.6. The maximum absolute atomic E-state index is 12.0. The zero-order valence-corrected chi connectivity index (χ0v) is 12.9. The molecule has 7 heteroatoms. The Morgan fingerprint density at radius 3 is 2.74 bits per heavy atom. The van der Waals surface area contributed by atoms with Gasteiger partial charge in [-0.05, 0) is 30.2 Å². The number of nitro groups is 1. The molecule has 0 fully saturated rings. The molecule has 0 bridgehead atoms. The molecule has 1 N–H and O–H groups in total. The first-order chi connectivity index (χ1) is 11.1. The number of thiazole rings is 1. The van der Waals surface area contributed by atoms with E-state index in [4.69, 9.17) is 0 Å². The fourth-order valence-electron chi connectivity index (χ4n) is 2.20. The van der Waals surface area contributed by atoms with Crippen molar-refractivity contribution in [2.24, 2.45) is 0 Å². The number of hydrogen-bond acceptors (Lipinski definition) is 5. The van der Waals surface area contributed by atoms with Gasteiger partial charge < -0.3 is 5.32 Å². The molecule has 0 aliphatic rings. The number of hydrogen-bond donors (Lipinski definition) is 1. The molecule has 2 aromatic carbocycles. The van der Waals surface area contributed by atoms with Crippen molar-refractivity contribution in [3.8, 4) is 0 Å². The number of carbonyl (C=O) groups is 1. The van der Waals surface area contributed by atoms with Gasteiger partial charge in [0, 0.05) is 24.2 Å². The zero-order chi connectivity index (χ0) is 16.2. The minimum atomic E-state index is -0.438. The first kappa shape index (κ1) is 15.1. The van der Waals surface area contributed by atoms with Gasteiger partial charge in [-0.2, -0.15) is 0 Å². The summed E-state index contributed by atoms with van der Waals surface area (Å²) in [6.45, 7) is 0. The van der Waals surface area contributed by atoms with Crippen molar-refractivity contribution in [3.63, 3.8) is 0 Å². The molecule has 0 atom stereocenters. The van der Waals surface area contributed by atoms with E-state index in [1.54, 1.807) is 17.6 Å². The molecule has 6 nitrogen and oxygen atoms in total. The molecule has 3 aromatic rings. The molecule has 0 aliphatic heterocycles. The van der Waals surface area contributed by atoms with Crippen LogP contribution in [0.4, 0.5) is 11.4 Å². The number of fused-ring (bicyclic) bond motifs is 1. The van der Waals surface area contributed by atoms with E-state index in [2.05, 4.69) is 10.3 Å². The summed E-state index contributed by atoms with van der Waals surface area (Å²) in [7, 11) is 0. The van der Waals surface area contributed by atoms with Gasteiger partial charge in [-0.1, -0.05) is 12.1 Å². The molecule has 116 valence electrons. The Kier molecular flexibility index (Phi) is 4.29. The van der Waals surface area contributed by atoms with Crippen molar-refractivity contribution in [2.45, 2.75) is 12.8 Å². The summed E-state index contributed by atoms with van der Waals surface area (Å²) in [5.41, 5.74) is 4.37. The number of nitro benzene ring substituents is 1. The van der Waals surface area contributed by atoms with Gasteiger partial charge in [0.2, 0.25) is 5.91 Å². The molecule has 0 saturated carbocycles. The fraction of sp³-hybridized carbons (Fsp3) is 0.125. The molecule has 0 saturated heterocycles. The smallest absolute Gasteiger partial charge is 0.269 e. The number of benzene rings is 2. The van der Waals surface area contributed by atoms with E-state index < -0.39 is 4.92 Å². The largest absolute Gasteiger partial charge is 0.326 e. The summed E-state index contributed by atoms with van der Waals surface area (Å²) in [6.07, 6.45) is 0.852. The number of anilines is 1. The van der Waals surface area contributed by atoms with Crippen molar-refractivity contribution in [1.29, 1.82) is 0 Å². The van der Waals surface area contributed by atoms with Crippen LogP contribution < -0.4 is 5.32 Å². The maximum atomic E-state index is 12.0. The van der Waals surface area contributed by atoms with Crippen LogP contribution in [0.1, 0.15) is 12.0 Å². The Bertz CT molecular complexity index is 858. The van der Waals surface area contributed by atoms with E-state index in [1.807, 2.05) is 18.2 Å². The summed E-state index contributed by atoms with van der Waals surface area (Å²) in [5.74, 6) is -0.0905. The highest BCUT2D eigenvalue weighted by Crippen LogP contribution is 2.22. The van der Waals surface area contributed by atoms with Gasteiger partial charge in [0.25, 0.3) is 5.69 Å². The van der Waals surface area contributed by atoms with Crippen LogP contribution in [0.15, 0.2) is 48.0 Å². The average molecular weight is 327 g/mol. The number of amides is 1. The topological polar surface area (TPSA) is 85.1 Å². The van der Waals surface area contributed by atoms with Crippen molar-refractivity contribution >= 4 is 38.8 Å². The highest BCUT2D eigenvalue weighted by molar-refractivity contribution is 7.16. The lowest BCUT2D eigenvalue weighted by Gasteiger charge is -2.05. The number of aryl methyl sites for hydroxylation is 1. The highest BCUT2D eigenvalue weighted by Gasteiger charge is 2.07. The predicted octanol–water partition coefficient (Wildman–Crippen LogP) is 3.78. The van der Waals surface area contributed by atoms with Crippen LogP contribution in [0.3, 0.4) is 0 Å². The second-order valence-electron chi connectivity index (χ2n) is 5.01. The van der Waals surface area contributed by atoms with Gasteiger partial charge in [-0.3, -0.25) is 14.9 Å². The number of nitrogens with one attached hydrogen (secondary N) is 1. The number of nitrogens with zero attached hydrogens (tertiary/aromatic N) is 2. The lowest BCUT2D eigenvalue weighted by atomic mass is 10.1. The lowest BCUT2D eigenvalue weighted by molar-refractivity contribution is -0.384. The van der Waals surface area contributed by atoms with Crippen LogP contribution in [0, 0.1) is 10.1 Å². The Hall–Kier alpha value is -2.80. The molecular weight excluding hydrogens is 314 g/mol. The highest BCUT2D eigenvalue weighted by atomic mass is 32.1. The molecular formula is C16H13N3O3S. The third-order valence-electron chi connectivity index (χ3n) is 3.40. The van der Waals surface area contributed by atoms with Gasteiger partial charge >= 0.3 is 0 Å². The van der Waals surface area contributed by atoms with E-state index in [9.17, 15) is 14.9 Å². The van der Waals surface area contributed by atoms with Crippen molar-refractivity contribution in [3.05, 3.63) is 63.7 Å². The first-order valence-electron chi connectivity index (χ1n) is 6.98. The van der Waals surface area contributed by atoms with E-state index in [1.165, 1.54) is 23.5 Å². The average Bonchev–Trinajstić information content (AvgIpc) is 3.01. The van der Waals surface area contributed by atoms with E-state index >= 15 is 0 Å². The quantitative estimate of drug-likeness (QED) is 0.571. The van der Waals surface area contributed by atoms with Crippen molar-refractivity contribution in [2.75, 3.05) is 5.32 Å². The Morgan fingerprint density at radius 1 is 1.22 bits per heavy atom. The van der Waals surface area contributed by atoms with Crippen LogP contribution in [0.5, 0.6) is 0 Å². The molecule has 0 aliphatic carbocycles. The van der Waals surface area contributed by atoms with E-state index in [0.717, 1.165) is 21.5 Å². The third kappa shape index (κ3) is 3.70. The summed E-state index contributed by atoms with van der Waals surface area (Å²) in [5, 5.41) is 13.4. The molecule has 0 unspecified atom stereocenters. The van der Waals surface area contributed by atoms with Gasteiger partial charge in [0.1, 0.15) is 0 Å². The zero-order valence-electron chi connectivity index (χ0n) is 12.1. The number of carbonyl (C=O) groups excluding carboxylic acids is 1. The van der Waals surface area contributed by atoms with E-state index in [0.29, 0.717) is 12.8 Å². The fourth-order valence-corrected chi connectivity index (χ4v) is 2.91. The molecule has 1 amide bonds. The van der Waals surface area contributed by atoms with Gasteiger partial charge in [-0.25, -0.2) is 4.98 Å². The van der Waals surface area contributed by atoms with Gasteiger partial charge in [0.05, 0.1) is 20.7 Å². The number of aromatic nitrogens is 1. The second kappa shape index (κ2) is 6.53. The summed E-state index contributed by atoms with van der Waals surface area (Å²) in [4.78, 5) is 26.4. The maximum Gasteiger partial charge on any atom is 0.269 e. The molecule has 0 radical (unpaired) electrons. The van der Waals surface area contributed by atoms with Crippen molar-refractivity contribution in [1.82, 2.24) is 4.98 Å². The van der Waals surface area contributed by atoms with Crippen LogP contribution >= 0.6 is 11.3 Å². The molecule has 1 heterocycles. The Morgan fingerprint density at radius 2 is 2.00 bits per heavy atom. The van der Waals surface area contributed by atoms with Crippen LogP contribution in [-0.4, -0.2) is 15.8 Å². The standard InChI is InChI=1S/C16H13N3O3S/c20-16(8-3-11-1-5-13(6-2-11)19(21)22)18-12-4-7-14-15(9-12)23-10-17-14/h1-2,4-7,9-10H,3,8H2,(H,18,20). The molecule has 0 spiro atoms. The van der Waals surface area contributed by atoms with Crippen LogP contribution in [0.2, 0.25) is 0 Å².